The van der Waals surface area contributed by atoms with E-state index in [0.717, 1.165) is 0 Å². The van der Waals surface area contributed by atoms with Crippen LogP contribution in [0.3, 0.4) is 0 Å². The quantitative estimate of drug-likeness (QED) is 0.571. The van der Waals surface area contributed by atoms with Crippen molar-refractivity contribution in [2.75, 3.05) is 0 Å². The van der Waals surface area contributed by atoms with E-state index in [-0.39, 0.29) is 6.42 Å². The molecular formula is C6H9N2O2+. The van der Waals surface area contributed by atoms with Gasteiger partial charge in [-0.3, -0.25) is 9.78 Å². The highest BCUT2D eigenvalue weighted by atomic mass is 16.4. The minimum Gasteiger partial charge on any atom is -0.481 e. The molecule has 1 aromatic rings. The van der Waals surface area contributed by atoms with E-state index in [1.54, 1.807) is 23.3 Å². The predicted molar refractivity (Wildman–Crippen MR) is 33.2 cm³/mol. The number of aryl methyl sites for hydroxylation is 1. The van der Waals surface area contributed by atoms with Gasteiger partial charge in [0.2, 0.25) is 6.33 Å². The molecule has 1 rings (SSSR count). The topological polar surface area (TPSA) is 57.0 Å². The number of imidazole rings is 1. The maximum absolute atomic E-state index is 10.1. The van der Waals surface area contributed by atoms with Gasteiger partial charge < -0.3 is 5.11 Å². The van der Waals surface area contributed by atoms with E-state index < -0.39 is 5.97 Å². The van der Waals surface area contributed by atoms with Crippen LogP contribution < -0.4 is 4.57 Å². The van der Waals surface area contributed by atoms with Gasteiger partial charge in [-0.25, -0.2) is 4.57 Å². The Hall–Kier alpha value is -1.32. The van der Waals surface area contributed by atoms with Crippen molar-refractivity contribution >= 4 is 5.97 Å². The Bertz CT molecular complexity index is 206. The van der Waals surface area contributed by atoms with E-state index in [9.17, 15) is 4.79 Å². The smallest absolute Gasteiger partial charge is 0.307 e. The largest absolute Gasteiger partial charge is 0.481 e. The summed E-state index contributed by atoms with van der Waals surface area (Å²) in [5.41, 5.74) is 0. The normalized spacial score (nSPS) is 9.60. The SMILES string of the molecule is O=C(O)CC[n+]1cc[nH]c1. The number of carboxylic acids is 1. The summed E-state index contributed by atoms with van der Waals surface area (Å²) in [4.78, 5) is 12.9. The van der Waals surface area contributed by atoms with E-state index in [1.807, 2.05) is 0 Å². The van der Waals surface area contributed by atoms with Crippen molar-refractivity contribution in [3.05, 3.63) is 18.7 Å². The second-order valence-corrected chi connectivity index (χ2v) is 1.99. The molecule has 4 nitrogen and oxygen atoms in total. The molecule has 0 spiro atoms. The van der Waals surface area contributed by atoms with E-state index in [1.165, 1.54) is 0 Å². The molecule has 0 atom stereocenters. The lowest BCUT2D eigenvalue weighted by Gasteiger charge is -1.89. The number of hydrogen-bond donors (Lipinski definition) is 2. The first-order chi connectivity index (χ1) is 4.79. The molecule has 0 fully saturated rings. The first kappa shape index (κ1) is 6.80. The van der Waals surface area contributed by atoms with Gasteiger partial charge in [0.1, 0.15) is 18.9 Å². The van der Waals surface area contributed by atoms with Crippen molar-refractivity contribution in [2.45, 2.75) is 13.0 Å². The molecule has 1 aromatic heterocycles. The number of nitrogens with one attached hydrogen (secondary N) is 1. The molecule has 54 valence electrons. The van der Waals surface area contributed by atoms with Crippen molar-refractivity contribution in [2.24, 2.45) is 0 Å². The minimum absolute atomic E-state index is 0.169. The molecule has 4 heteroatoms. The van der Waals surface area contributed by atoms with Gasteiger partial charge in [0.05, 0.1) is 6.42 Å². The Morgan fingerprint density at radius 3 is 3.00 bits per heavy atom. The summed E-state index contributed by atoms with van der Waals surface area (Å²) < 4.78 is 1.79. The van der Waals surface area contributed by atoms with Gasteiger partial charge in [-0.05, 0) is 0 Å². The standard InChI is InChI=1S/C6H8N2O2/c9-6(10)1-3-8-4-2-7-5-8/h2,4-5H,1,3H2,(H,9,10)/p+1. The lowest BCUT2D eigenvalue weighted by Crippen LogP contribution is -2.31. The Morgan fingerprint density at radius 1 is 1.70 bits per heavy atom. The maximum atomic E-state index is 10.1. The first-order valence-electron chi connectivity index (χ1n) is 3.02. The van der Waals surface area contributed by atoms with Gasteiger partial charge in [0, 0.05) is 0 Å². The number of aromatic nitrogens is 2. The summed E-state index contributed by atoms with van der Waals surface area (Å²) >= 11 is 0. The molecule has 0 bridgehead atoms. The third-order valence-electron chi connectivity index (χ3n) is 1.19. The molecule has 10 heavy (non-hydrogen) atoms. The molecule has 0 aliphatic heterocycles. The zero-order valence-electron chi connectivity index (χ0n) is 5.45. The molecule has 0 aliphatic rings. The second-order valence-electron chi connectivity index (χ2n) is 1.99. The Labute approximate surface area is 58.1 Å². The van der Waals surface area contributed by atoms with E-state index in [0.29, 0.717) is 6.54 Å². The van der Waals surface area contributed by atoms with E-state index in [4.69, 9.17) is 5.11 Å². The highest BCUT2D eigenvalue weighted by molar-refractivity contribution is 5.66. The Kier molecular flexibility index (Phi) is 2.04. The number of carbonyl (C=O) groups is 1. The van der Waals surface area contributed by atoms with Crippen LogP contribution in [-0.2, 0) is 11.3 Å². The summed E-state index contributed by atoms with van der Waals surface area (Å²) in [7, 11) is 0. The van der Waals surface area contributed by atoms with Crippen LogP contribution in [0.5, 0.6) is 0 Å². The number of rotatable bonds is 3. The molecular weight excluding hydrogens is 132 g/mol. The van der Waals surface area contributed by atoms with Crippen molar-refractivity contribution in [1.29, 1.82) is 0 Å². The van der Waals surface area contributed by atoms with Crippen LogP contribution in [0.25, 0.3) is 0 Å². The Morgan fingerprint density at radius 2 is 2.50 bits per heavy atom. The summed E-state index contributed by atoms with van der Waals surface area (Å²) in [6.45, 7) is 0.527. The van der Waals surface area contributed by atoms with E-state index >= 15 is 0 Å². The number of aliphatic carboxylic acids is 1. The summed E-state index contributed by atoms with van der Waals surface area (Å²) in [6.07, 6.45) is 5.44. The van der Waals surface area contributed by atoms with Gasteiger partial charge >= 0.3 is 5.97 Å². The van der Waals surface area contributed by atoms with Crippen LogP contribution in [0.15, 0.2) is 18.7 Å². The molecule has 0 aromatic carbocycles. The van der Waals surface area contributed by atoms with Crippen LogP contribution in [0.1, 0.15) is 6.42 Å². The molecule has 0 saturated heterocycles. The fraction of sp³-hybridized carbons (Fsp3) is 0.333. The summed E-state index contributed by atoms with van der Waals surface area (Å²) in [6, 6.07) is 0. The number of H-pyrrole nitrogens is 1. The third-order valence-corrected chi connectivity index (χ3v) is 1.19. The van der Waals surface area contributed by atoms with Crippen LogP contribution in [0.4, 0.5) is 0 Å². The highest BCUT2D eigenvalue weighted by Gasteiger charge is 2.00. The van der Waals surface area contributed by atoms with Crippen molar-refractivity contribution in [3.8, 4) is 0 Å². The zero-order chi connectivity index (χ0) is 7.40. The monoisotopic (exact) mass is 141 g/mol. The molecule has 1 heterocycles. The first-order valence-corrected chi connectivity index (χ1v) is 3.02. The van der Waals surface area contributed by atoms with Gasteiger partial charge in [0.15, 0.2) is 0 Å². The van der Waals surface area contributed by atoms with Gasteiger partial charge in [0.25, 0.3) is 0 Å². The summed E-state index contributed by atoms with van der Waals surface area (Å²) in [5.74, 6) is -0.770. The van der Waals surface area contributed by atoms with Gasteiger partial charge in [-0.15, -0.1) is 0 Å². The molecule has 2 N–H and O–H groups in total. The van der Waals surface area contributed by atoms with Gasteiger partial charge in [-0.1, -0.05) is 0 Å². The predicted octanol–water partition coefficient (Wildman–Crippen LogP) is -0.223. The minimum atomic E-state index is -0.770. The van der Waals surface area contributed by atoms with Crippen molar-refractivity contribution in [1.82, 2.24) is 4.98 Å². The molecule has 0 amide bonds. The second kappa shape index (κ2) is 3.00. The zero-order valence-corrected chi connectivity index (χ0v) is 5.45. The van der Waals surface area contributed by atoms with Gasteiger partial charge in [-0.2, -0.15) is 0 Å². The molecule has 0 aliphatic carbocycles. The summed E-state index contributed by atoms with van der Waals surface area (Å²) in [5, 5.41) is 8.29. The van der Waals surface area contributed by atoms with Crippen LogP contribution in [-0.4, -0.2) is 16.1 Å². The van der Waals surface area contributed by atoms with Crippen LogP contribution in [0.2, 0.25) is 0 Å². The molecule has 0 saturated carbocycles. The average molecular weight is 141 g/mol. The molecule has 0 radical (unpaired) electrons. The maximum Gasteiger partial charge on any atom is 0.307 e. The number of carboxylic acid groups (broad SMARTS) is 1. The van der Waals surface area contributed by atoms with E-state index in [2.05, 4.69) is 4.98 Å². The lowest BCUT2D eigenvalue weighted by atomic mass is 10.4. The van der Waals surface area contributed by atoms with Crippen LogP contribution >= 0.6 is 0 Å². The van der Waals surface area contributed by atoms with Crippen molar-refractivity contribution in [3.63, 3.8) is 0 Å². The highest BCUT2D eigenvalue weighted by Crippen LogP contribution is 1.78. The lowest BCUT2D eigenvalue weighted by molar-refractivity contribution is -0.694. The number of hydrogen-bond acceptors (Lipinski definition) is 1. The Balaban J connectivity index is 2.35. The van der Waals surface area contributed by atoms with Crippen LogP contribution in [0, 0.1) is 0 Å². The fourth-order valence-corrected chi connectivity index (χ4v) is 0.684. The number of aromatic amines is 1. The third kappa shape index (κ3) is 1.89. The fourth-order valence-electron chi connectivity index (χ4n) is 0.684. The number of nitrogens with zero attached hydrogens (tertiary/aromatic N) is 1. The van der Waals surface area contributed by atoms with Crippen molar-refractivity contribution < 1.29 is 14.5 Å². The molecule has 0 unspecified atom stereocenters. The average Bonchev–Trinajstić information content (AvgIpc) is 2.34.